The number of benzene rings is 2. The highest BCUT2D eigenvalue weighted by Crippen LogP contribution is 2.14. The molecule has 2 aromatic carbocycles. The Labute approximate surface area is 160 Å². The smallest absolute Gasteiger partial charge is 0.251 e. The van der Waals surface area contributed by atoms with Crippen molar-refractivity contribution in [2.75, 3.05) is 18.4 Å². The third-order valence-electron chi connectivity index (χ3n) is 3.29. The predicted octanol–water partition coefficient (Wildman–Crippen LogP) is 2.12. The molecule has 26 heavy (non-hydrogen) atoms. The number of carbonyl (C=O) groups is 2. The zero-order valence-corrected chi connectivity index (χ0v) is 16.4. The zero-order valence-electron chi connectivity index (χ0n) is 14.0. The number of anilines is 1. The Morgan fingerprint density at radius 3 is 2.15 bits per heavy atom. The van der Waals surface area contributed by atoms with Crippen LogP contribution >= 0.6 is 15.9 Å². The van der Waals surface area contributed by atoms with Crippen LogP contribution in [-0.2, 0) is 14.8 Å². The molecule has 2 aromatic rings. The SMILES string of the molecule is CC(=O)Nc1ccc(S(=O)(=O)NCCNC(=O)c2ccc(Br)cc2)cc1. The lowest BCUT2D eigenvalue weighted by Gasteiger charge is -2.09. The van der Waals surface area contributed by atoms with Gasteiger partial charge in [-0.3, -0.25) is 9.59 Å². The molecule has 0 heterocycles. The summed E-state index contributed by atoms with van der Waals surface area (Å²) in [6.07, 6.45) is 0. The third-order valence-corrected chi connectivity index (χ3v) is 5.30. The van der Waals surface area contributed by atoms with Crippen LogP contribution in [0.25, 0.3) is 0 Å². The standard InChI is InChI=1S/C17H18BrN3O4S/c1-12(22)21-15-6-8-16(9-7-15)26(24,25)20-11-10-19-17(23)13-2-4-14(18)5-3-13/h2-9,20H,10-11H2,1H3,(H,19,23)(H,21,22). The maximum Gasteiger partial charge on any atom is 0.251 e. The van der Waals surface area contributed by atoms with E-state index in [0.717, 1.165) is 4.47 Å². The molecule has 0 radical (unpaired) electrons. The number of nitrogens with one attached hydrogen (secondary N) is 3. The normalized spacial score (nSPS) is 11.0. The molecule has 0 aliphatic rings. The molecule has 0 aliphatic heterocycles. The molecule has 0 saturated carbocycles. The Bertz CT molecular complexity index is 881. The van der Waals surface area contributed by atoms with Gasteiger partial charge in [-0.05, 0) is 48.5 Å². The van der Waals surface area contributed by atoms with Crippen molar-refractivity contribution in [2.24, 2.45) is 0 Å². The van der Waals surface area contributed by atoms with E-state index >= 15 is 0 Å². The lowest BCUT2D eigenvalue weighted by atomic mass is 10.2. The van der Waals surface area contributed by atoms with Crippen molar-refractivity contribution in [3.05, 3.63) is 58.6 Å². The summed E-state index contributed by atoms with van der Waals surface area (Å²) in [5, 5.41) is 5.21. The first kappa shape index (κ1) is 20.1. The fourth-order valence-corrected chi connectivity index (χ4v) is 3.36. The van der Waals surface area contributed by atoms with Crippen molar-refractivity contribution >= 4 is 43.5 Å². The van der Waals surface area contributed by atoms with E-state index < -0.39 is 10.0 Å². The molecular weight excluding hydrogens is 422 g/mol. The second kappa shape index (κ2) is 8.93. The quantitative estimate of drug-likeness (QED) is 0.574. The number of carbonyl (C=O) groups excluding carboxylic acids is 2. The number of halogens is 1. The summed E-state index contributed by atoms with van der Waals surface area (Å²) in [6, 6.07) is 12.6. The van der Waals surface area contributed by atoms with Gasteiger partial charge in [0.05, 0.1) is 4.90 Å². The molecule has 0 aliphatic carbocycles. The average molecular weight is 440 g/mol. The average Bonchev–Trinajstić information content (AvgIpc) is 2.59. The first-order chi connectivity index (χ1) is 12.3. The van der Waals surface area contributed by atoms with E-state index in [9.17, 15) is 18.0 Å². The van der Waals surface area contributed by atoms with E-state index in [2.05, 4.69) is 31.3 Å². The van der Waals surface area contributed by atoms with Gasteiger partial charge in [-0.1, -0.05) is 15.9 Å². The lowest BCUT2D eigenvalue weighted by molar-refractivity contribution is -0.114. The van der Waals surface area contributed by atoms with Gasteiger partial charge in [-0.25, -0.2) is 13.1 Å². The fourth-order valence-electron chi connectivity index (χ4n) is 2.07. The molecule has 9 heteroatoms. The lowest BCUT2D eigenvalue weighted by Crippen LogP contribution is -2.34. The van der Waals surface area contributed by atoms with Crippen LogP contribution in [0, 0.1) is 0 Å². The maximum absolute atomic E-state index is 12.2. The molecule has 2 amide bonds. The van der Waals surface area contributed by atoms with Crippen molar-refractivity contribution in [3.8, 4) is 0 Å². The van der Waals surface area contributed by atoms with Gasteiger partial charge in [-0.2, -0.15) is 0 Å². The molecule has 3 N–H and O–H groups in total. The van der Waals surface area contributed by atoms with Crippen LogP contribution in [0.3, 0.4) is 0 Å². The first-order valence-electron chi connectivity index (χ1n) is 7.69. The molecule has 2 rings (SSSR count). The van der Waals surface area contributed by atoms with Gasteiger partial charge >= 0.3 is 0 Å². The molecule has 0 bridgehead atoms. The summed E-state index contributed by atoms with van der Waals surface area (Å²) < 4.78 is 27.7. The zero-order chi connectivity index (χ0) is 19.2. The Kier molecular flexibility index (Phi) is 6.90. The minimum atomic E-state index is -3.69. The van der Waals surface area contributed by atoms with Crippen molar-refractivity contribution in [3.63, 3.8) is 0 Å². The summed E-state index contributed by atoms with van der Waals surface area (Å²) in [5.41, 5.74) is 1.00. The van der Waals surface area contributed by atoms with Crippen LogP contribution in [0.4, 0.5) is 5.69 Å². The van der Waals surface area contributed by atoms with Crippen LogP contribution in [0.2, 0.25) is 0 Å². The van der Waals surface area contributed by atoms with Gasteiger partial charge in [-0.15, -0.1) is 0 Å². The molecule has 7 nitrogen and oxygen atoms in total. The number of amides is 2. The van der Waals surface area contributed by atoms with Gasteiger partial charge in [0, 0.05) is 35.7 Å². The van der Waals surface area contributed by atoms with E-state index in [1.807, 2.05) is 0 Å². The Balaban J connectivity index is 1.85. The van der Waals surface area contributed by atoms with Gasteiger partial charge in [0.15, 0.2) is 0 Å². The highest BCUT2D eigenvalue weighted by Gasteiger charge is 2.13. The van der Waals surface area contributed by atoms with E-state index in [0.29, 0.717) is 11.3 Å². The van der Waals surface area contributed by atoms with Crippen LogP contribution in [0.1, 0.15) is 17.3 Å². The second-order valence-electron chi connectivity index (χ2n) is 5.37. The van der Waals surface area contributed by atoms with E-state index in [4.69, 9.17) is 0 Å². The van der Waals surface area contributed by atoms with Gasteiger partial charge in [0.1, 0.15) is 0 Å². The van der Waals surface area contributed by atoms with Crippen molar-refractivity contribution in [1.82, 2.24) is 10.0 Å². The van der Waals surface area contributed by atoms with E-state index in [1.54, 1.807) is 24.3 Å². The Hall–Kier alpha value is -2.23. The van der Waals surface area contributed by atoms with Crippen LogP contribution < -0.4 is 15.4 Å². The summed E-state index contributed by atoms with van der Waals surface area (Å²) in [4.78, 5) is 23.0. The van der Waals surface area contributed by atoms with Gasteiger partial charge in [0.25, 0.3) is 5.91 Å². The molecule has 0 fully saturated rings. The highest BCUT2D eigenvalue weighted by atomic mass is 79.9. The summed E-state index contributed by atoms with van der Waals surface area (Å²) in [6.45, 7) is 1.57. The van der Waals surface area contributed by atoms with Gasteiger partial charge in [0.2, 0.25) is 15.9 Å². The van der Waals surface area contributed by atoms with Crippen LogP contribution in [0.5, 0.6) is 0 Å². The molecule has 0 unspecified atom stereocenters. The molecule has 0 saturated heterocycles. The van der Waals surface area contributed by atoms with Crippen LogP contribution in [0.15, 0.2) is 57.9 Å². The molecule has 138 valence electrons. The summed E-state index contributed by atoms with van der Waals surface area (Å²) >= 11 is 3.29. The Morgan fingerprint density at radius 1 is 0.962 bits per heavy atom. The van der Waals surface area contributed by atoms with Crippen LogP contribution in [-0.4, -0.2) is 33.3 Å². The van der Waals surface area contributed by atoms with Crippen molar-refractivity contribution in [2.45, 2.75) is 11.8 Å². The largest absolute Gasteiger partial charge is 0.351 e. The highest BCUT2D eigenvalue weighted by molar-refractivity contribution is 9.10. The maximum atomic E-state index is 12.2. The topological polar surface area (TPSA) is 104 Å². The fraction of sp³-hybridized carbons (Fsp3) is 0.176. The number of rotatable bonds is 7. The number of hydrogen-bond donors (Lipinski definition) is 3. The number of sulfonamides is 1. The minimum Gasteiger partial charge on any atom is -0.351 e. The Morgan fingerprint density at radius 2 is 1.58 bits per heavy atom. The molecule has 0 spiro atoms. The van der Waals surface area contributed by atoms with E-state index in [1.165, 1.54) is 31.2 Å². The summed E-state index contributed by atoms with van der Waals surface area (Å²) in [7, 11) is -3.69. The summed E-state index contributed by atoms with van der Waals surface area (Å²) in [5.74, 6) is -0.517. The molecule has 0 aromatic heterocycles. The van der Waals surface area contributed by atoms with Gasteiger partial charge < -0.3 is 10.6 Å². The first-order valence-corrected chi connectivity index (χ1v) is 9.96. The van der Waals surface area contributed by atoms with E-state index in [-0.39, 0.29) is 29.8 Å². The van der Waals surface area contributed by atoms with Crippen molar-refractivity contribution < 1.29 is 18.0 Å². The number of hydrogen-bond acceptors (Lipinski definition) is 4. The molecule has 0 atom stereocenters. The third kappa shape index (κ3) is 5.94. The molecular formula is C17H18BrN3O4S. The monoisotopic (exact) mass is 439 g/mol. The second-order valence-corrected chi connectivity index (χ2v) is 8.05. The van der Waals surface area contributed by atoms with Crippen molar-refractivity contribution in [1.29, 1.82) is 0 Å². The predicted molar refractivity (Wildman–Crippen MR) is 102 cm³/mol. The minimum absolute atomic E-state index is 0.0536.